The van der Waals surface area contributed by atoms with E-state index in [9.17, 15) is 14.4 Å². The summed E-state index contributed by atoms with van der Waals surface area (Å²) < 4.78 is 4.95. The van der Waals surface area contributed by atoms with Crippen molar-refractivity contribution in [1.29, 1.82) is 0 Å². The molecule has 178 valence electrons. The molecule has 0 aromatic heterocycles. The molecule has 0 aromatic carbocycles. The van der Waals surface area contributed by atoms with Crippen LogP contribution in [0.15, 0.2) is 12.2 Å². The third kappa shape index (κ3) is 3.88. The normalized spacial score (nSPS) is 41.0. The van der Waals surface area contributed by atoms with E-state index in [0.717, 1.165) is 44.3 Å². The van der Waals surface area contributed by atoms with Crippen LogP contribution in [0.3, 0.4) is 0 Å². The van der Waals surface area contributed by atoms with Gasteiger partial charge in [-0.2, -0.15) is 11.8 Å². The molecular weight excluding hydrogens is 424 g/mol. The van der Waals surface area contributed by atoms with Gasteiger partial charge < -0.3 is 15.4 Å². The highest BCUT2D eigenvalue weighted by molar-refractivity contribution is 7.98. The predicted molar refractivity (Wildman–Crippen MR) is 126 cm³/mol. The average molecular weight is 463 g/mol. The summed E-state index contributed by atoms with van der Waals surface area (Å²) in [7, 11) is 1.38. The van der Waals surface area contributed by atoms with Crippen LogP contribution in [-0.4, -0.2) is 49.0 Å². The Labute approximate surface area is 196 Å². The molecule has 32 heavy (non-hydrogen) atoms. The van der Waals surface area contributed by atoms with Crippen molar-refractivity contribution in [2.75, 3.05) is 19.1 Å². The van der Waals surface area contributed by atoms with E-state index in [1.165, 1.54) is 7.11 Å². The Morgan fingerprint density at radius 2 is 2.00 bits per heavy atom. The van der Waals surface area contributed by atoms with Gasteiger partial charge in [0.1, 0.15) is 6.04 Å². The maximum absolute atomic E-state index is 13.4. The number of fused-ring (bicyclic) bond motifs is 5. The van der Waals surface area contributed by atoms with Crippen molar-refractivity contribution in [1.82, 2.24) is 10.6 Å². The summed E-state index contributed by atoms with van der Waals surface area (Å²) in [6, 6.07) is -0.340. The first-order valence-corrected chi connectivity index (χ1v) is 13.5. The van der Waals surface area contributed by atoms with E-state index in [4.69, 9.17) is 4.74 Å². The van der Waals surface area contributed by atoms with Crippen molar-refractivity contribution in [3.63, 3.8) is 0 Å². The third-order valence-corrected chi connectivity index (χ3v) is 10.1. The van der Waals surface area contributed by atoms with Crippen molar-refractivity contribution < 1.29 is 19.1 Å². The lowest BCUT2D eigenvalue weighted by atomic mass is 9.48. The molecule has 0 spiro atoms. The Bertz CT molecular complexity index is 801. The quantitative estimate of drug-likeness (QED) is 0.592. The largest absolute Gasteiger partial charge is 0.467 e. The first-order valence-electron chi connectivity index (χ1n) is 12.1. The second kappa shape index (κ2) is 9.03. The molecule has 1 aliphatic heterocycles. The predicted octanol–water partition coefficient (Wildman–Crippen LogP) is 3.31. The zero-order valence-electron chi connectivity index (χ0n) is 19.8. The fourth-order valence-corrected chi connectivity index (χ4v) is 8.13. The molecule has 3 fully saturated rings. The van der Waals surface area contributed by atoms with Gasteiger partial charge in [0.05, 0.1) is 7.11 Å². The van der Waals surface area contributed by atoms with Gasteiger partial charge in [0.15, 0.2) is 0 Å². The number of nitrogens with one attached hydrogen (secondary N) is 2. The average Bonchev–Trinajstić information content (AvgIpc) is 3.13. The lowest BCUT2D eigenvalue weighted by Gasteiger charge is -2.58. The van der Waals surface area contributed by atoms with Crippen LogP contribution >= 0.6 is 11.8 Å². The highest BCUT2D eigenvalue weighted by Crippen LogP contribution is 2.65. The van der Waals surface area contributed by atoms with E-state index >= 15 is 0 Å². The van der Waals surface area contributed by atoms with Crippen molar-refractivity contribution in [3.05, 3.63) is 12.2 Å². The molecule has 7 heteroatoms. The van der Waals surface area contributed by atoms with Crippen LogP contribution in [0.1, 0.15) is 58.8 Å². The van der Waals surface area contributed by atoms with E-state index in [-0.39, 0.29) is 40.6 Å². The number of amides is 2. The van der Waals surface area contributed by atoms with Gasteiger partial charge in [-0.05, 0) is 86.2 Å². The van der Waals surface area contributed by atoms with E-state index < -0.39 is 6.04 Å². The highest BCUT2D eigenvalue weighted by Gasteiger charge is 2.61. The number of thioether (sulfide) groups is 1. The van der Waals surface area contributed by atoms with Crippen LogP contribution in [-0.2, 0) is 19.1 Å². The van der Waals surface area contributed by atoms with Gasteiger partial charge in [-0.15, -0.1) is 0 Å². The van der Waals surface area contributed by atoms with Crippen LogP contribution in [0.25, 0.3) is 0 Å². The number of ether oxygens (including phenoxy) is 1. The van der Waals surface area contributed by atoms with Gasteiger partial charge in [0.25, 0.3) is 0 Å². The number of esters is 1. The molecule has 0 radical (unpaired) electrons. The summed E-state index contributed by atoms with van der Waals surface area (Å²) in [5.41, 5.74) is -0.0252. The summed E-state index contributed by atoms with van der Waals surface area (Å²) in [6.45, 7) is 4.63. The first-order chi connectivity index (χ1) is 15.2. The Hall–Kier alpha value is -1.50. The molecule has 0 aromatic rings. The summed E-state index contributed by atoms with van der Waals surface area (Å²) in [6.07, 6.45) is 12.7. The smallest absolute Gasteiger partial charge is 0.328 e. The van der Waals surface area contributed by atoms with E-state index in [1.807, 2.05) is 6.26 Å². The van der Waals surface area contributed by atoms with Gasteiger partial charge in [-0.1, -0.05) is 19.9 Å². The molecule has 0 bridgehead atoms. The Kier molecular flexibility index (Phi) is 6.68. The summed E-state index contributed by atoms with van der Waals surface area (Å²) in [5.74, 6) is 2.10. The van der Waals surface area contributed by atoms with Crippen LogP contribution in [0, 0.1) is 34.5 Å². The molecule has 3 saturated carbocycles. The lowest BCUT2D eigenvalue weighted by molar-refractivity contribution is -0.147. The maximum Gasteiger partial charge on any atom is 0.328 e. The Morgan fingerprint density at radius 1 is 1.22 bits per heavy atom. The Balaban J connectivity index is 1.50. The van der Waals surface area contributed by atoms with Crippen molar-refractivity contribution in [2.45, 2.75) is 70.9 Å². The fourth-order valence-electron chi connectivity index (χ4n) is 7.66. The molecule has 1 heterocycles. The topological polar surface area (TPSA) is 84.5 Å². The van der Waals surface area contributed by atoms with E-state index in [1.54, 1.807) is 17.8 Å². The number of hydrogen-bond donors (Lipinski definition) is 2. The fraction of sp³-hybridized carbons (Fsp3) is 0.800. The molecule has 6 nitrogen and oxygen atoms in total. The highest BCUT2D eigenvalue weighted by atomic mass is 32.2. The Morgan fingerprint density at radius 3 is 2.72 bits per heavy atom. The number of carbonyl (C=O) groups is 3. The minimum Gasteiger partial charge on any atom is -0.467 e. The molecule has 3 aliphatic carbocycles. The van der Waals surface area contributed by atoms with Gasteiger partial charge >= 0.3 is 5.97 Å². The van der Waals surface area contributed by atoms with Gasteiger partial charge in [0.2, 0.25) is 11.8 Å². The van der Waals surface area contributed by atoms with Crippen molar-refractivity contribution >= 4 is 29.5 Å². The maximum atomic E-state index is 13.4. The molecule has 1 unspecified atom stereocenters. The van der Waals surface area contributed by atoms with E-state index in [2.05, 4.69) is 30.6 Å². The number of methoxy groups -OCH3 is 1. The van der Waals surface area contributed by atoms with Gasteiger partial charge in [0, 0.05) is 17.4 Å². The molecule has 2 amide bonds. The van der Waals surface area contributed by atoms with Crippen LogP contribution in [0.2, 0.25) is 0 Å². The van der Waals surface area contributed by atoms with Gasteiger partial charge in [-0.25, -0.2) is 4.79 Å². The molecule has 4 rings (SSSR count). The van der Waals surface area contributed by atoms with Crippen molar-refractivity contribution in [2.24, 2.45) is 34.5 Å². The minimum absolute atomic E-state index is 0.00625. The summed E-state index contributed by atoms with van der Waals surface area (Å²) in [4.78, 5) is 37.5. The van der Waals surface area contributed by atoms with Crippen LogP contribution < -0.4 is 10.6 Å². The first kappa shape index (κ1) is 23.7. The molecule has 2 N–H and O–H groups in total. The van der Waals surface area contributed by atoms with E-state index in [0.29, 0.717) is 24.2 Å². The second-order valence-electron chi connectivity index (χ2n) is 10.8. The molecule has 4 aliphatic rings. The summed E-state index contributed by atoms with van der Waals surface area (Å²) >= 11 is 1.67. The standard InChI is InChI=1S/C25H38N2O4S/c1-24-12-9-17-15(5-8-20-25(17,2)13-10-21(28)27-20)16(24)6-7-18(24)22(29)26-19(11-14-32-4)23(30)31-3/h10,13,15-20H,5-9,11-12,14H2,1-4H3,(H,26,29)(H,27,28)/t15-,16-,17-,18+,19?,20-,24-,25-/m0/s1. The monoisotopic (exact) mass is 462 g/mol. The van der Waals surface area contributed by atoms with Crippen LogP contribution in [0.4, 0.5) is 0 Å². The number of carbonyl (C=O) groups excluding carboxylic acids is 3. The molecular formula is C25H38N2O4S. The summed E-state index contributed by atoms with van der Waals surface area (Å²) in [5, 5.41) is 6.25. The van der Waals surface area contributed by atoms with Gasteiger partial charge in [-0.3, -0.25) is 9.59 Å². The molecule has 0 saturated heterocycles. The van der Waals surface area contributed by atoms with Crippen molar-refractivity contribution in [3.8, 4) is 0 Å². The minimum atomic E-state index is -0.565. The lowest BCUT2D eigenvalue weighted by Crippen LogP contribution is -2.59. The number of hydrogen-bond acceptors (Lipinski definition) is 5. The third-order valence-electron chi connectivity index (χ3n) is 9.42. The second-order valence-corrected chi connectivity index (χ2v) is 11.7. The van der Waals surface area contributed by atoms with Crippen LogP contribution in [0.5, 0.6) is 0 Å². The zero-order valence-corrected chi connectivity index (χ0v) is 20.6. The zero-order chi connectivity index (χ0) is 23.1. The SMILES string of the molecule is COC(=O)C(CCSC)NC(=O)[C@H]1CC[C@H]2[C@@H]3CC[C@@H]4NC(=O)C=C[C@@]4(C)[C@H]3CC[C@]12C. The molecule has 8 atom stereocenters. The number of rotatable bonds is 6.